The molecule has 0 bridgehead atoms. The monoisotopic (exact) mass is 127 g/mol. The molecule has 1 aromatic rings. The van der Waals surface area contributed by atoms with Crippen LogP contribution in [-0.2, 0) is 0 Å². The number of hydrogen-bond donors (Lipinski definition) is 1. The highest BCUT2D eigenvalue weighted by Gasteiger charge is 1.96. The third-order valence-corrected chi connectivity index (χ3v) is 1.03. The Bertz CT molecular complexity index is 224. The summed E-state index contributed by atoms with van der Waals surface area (Å²) in [6.07, 6.45) is 1.06. The minimum atomic E-state index is -0.516. The van der Waals surface area contributed by atoms with Crippen LogP contribution < -0.4 is 0 Å². The molecule has 1 aromatic heterocycles. The maximum Gasteiger partial charge on any atom is 0.145 e. The minimum absolute atomic E-state index is 0.102. The topological polar surface area (TPSA) is 33.1 Å². The number of pyridine rings is 1. The summed E-state index contributed by atoms with van der Waals surface area (Å²) in [5.41, 5.74) is 0.441. The Morgan fingerprint density at radius 1 is 1.67 bits per heavy atom. The zero-order chi connectivity index (χ0) is 6.85. The predicted molar refractivity (Wildman–Crippen MR) is 30.6 cm³/mol. The Labute approximate surface area is 52.0 Å². The van der Waals surface area contributed by atoms with Crippen molar-refractivity contribution in [1.29, 1.82) is 0 Å². The van der Waals surface area contributed by atoms with Gasteiger partial charge in [-0.05, 0) is 6.92 Å². The normalized spacial score (nSPS) is 9.56. The van der Waals surface area contributed by atoms with E-state index in [2.05, 4.69) is 4.98 Å². The summed E-state index contributed by atoms with van der Waals surface area (Å²) in [7, 11) is 0. The second-order valence-electron chi connectivity index (χ2n) is 1.76. The molecule has 0 amide bonds. The van der Waals surface area contributed by atoms with Crippen LogP contribution in [0.2, 0.25) is 0 Å². The van der Waals surface area contributed by atoms with Crippen LogP contribution in [0.1, 0.15) is 5.69 Å². The lowest BCUT2D eigenvalue weighted by Gasteiger charge is -1.93. The van der Waals surface area contributed by atoms with E-state index in [1.807, 2.05) is 0 Å². The first kappa shape index (κ1) is 6.01. The first-order valence-electron chi connectivity index (χ1n) is 2.51. The summed E-state index contributed by atoms with van der Waals surface area (Å²) in [6, 6.07) is 1.03. The first-order valence-corrected chi connectivity index (χ1v) is 2.51. The molecule has 0 unspecified atom stereocenters. The third-order valence-electron chi connectivity index (χ3n) is 1.03. The Hall–Kier alpha value is -1.12. The van der Waals surface area contributed by atoms with Crippen LogP contribution in [0.15, 0.2) is 12.3 Å². The van der Waals surface area contributed by atoms with E-state index in [1.165, 1.54) is 0 Å². The number of rotatable bonds is 0. The lowest BCUT2D eigenvalue weighted by atomic mass is 10.3. The smallest absolute Gasteiger partial charge is 0.145 e. The first-order chi connectivity index (χ1) is 4.20. The Balaban J connectivity index is 3.17. The van der Waals surface area contributed by atoms with E-state index in [-0.39, 0.29) is 5.75 Å². The van der Waals surface area contributed by atoms with Gasteiger partial charge in [0, 0.05) is 6.07 Å². The molecule has 0 spiro atoms. The van der Waals surface area contributed by atoms with Gasteiger partial charge in [0.15, 0.2) is 0 Å². The van der Waals surface area contributed by atoms with Crippen molar-refractivity contribution in [3.8, 4) is 5.75 Å². The van der Waals surface area contributed by atoms with Gasteiger partial charge in [-0.15, -0.1) is 0 Å². The fourth-order valence-corrected chi connectivity index (χ4v) is 0.497. The van der Waals surface area contributed by atoms with E-state index in [4.69, 9.17) is 5.11 Å². The summed E-state index contributed by atoms with van der Waals surface area (Å²) in [5.74, 6) is -0.617. The van der Waals surface area contributed by atoms with Gasteiger partial charge < -0.3 is 5.11 Å². The van der Waals surface area contributed by atoms with Crippen molar-refractivity contribution in [1.82, 2.24) is 4.98 Å². The van der Waals surface area contributed by atoms with E-state index in [9.17, 15) is 4.39 Å². The molecule has 9 heavy (non-hydrogen) atoms. The maximum atomic E-state index is 12.1. The average Bonchev–Trinajstić information content (AvgIpc) is 1.80. The van der Waals surface area contributed by atoms with E-state index in [0.29, 0.717) is 5.69 Å². The Morgan fingerprint density at radius 3 is 2.78 bits per heavy atom. The molecule has 0 saturated carbocycles. The largest absolute Gasteiger partial charge is 0.506 e. The van der Waals surface area contributed by atoms with Crippen LogP contribution in [0.25, 0.3) is 0 Å². The van der Waals surface area contributed by atoms with Gasteiger partial charge in [0.05, 0.1) is 11.9 Å². The second kappa shape index (κ2) is 2.01. The lowest BCUT2D eigenvalue weighted by Crippen LogP contribution is -1.82. The summed E-state index contributed by atoms with van der Waals surface area (Å²) in [5, 5.41) is 8.80. The SMILES string of the molecule is Cc1ncc(F)cc1O. The summed E-state index contributed by atoms with van der Waals surface area (Å²) < 4.78 is 12.1. The van der Waals surface area contributed by atoms with Crippen LogP contribution in [0, 0.1) is 12.7 Å². The van der Waals surface area contributed by atoms with Crippen molar-refractivity contribution in [3.05, 3.63) is 23.8 Å². The van der Waals surface area contributed by atoms with Gasteiger partial charge in [-0.2, -0.15) is 0 Å². The maximum absolute atomic E-state index is 12.1. The molecule has 1 rings (SSSR count). The standard InChI is InChI=1S/C6H6FNO/c1-4-6(9)2-5(7)3-8-4/h2-3,9H,1H3. The fourth-order valence-electron chi connectivity index (χ4n) is 0.497. The molecular formula is C6H6FNO. The van der Waals surface area contributed by atoms with Gasteiger partial charge in [0.25, 0.3) is 0 Å². The van der Waals surface area contributed by atoms with Crippen molar-refractivity contribution in [2.75, 3.05) is 0 Å². The zero-order valence-electron chi connectivity index (χ0n) is 4.93. The molecule has 0 aliphatic heterocycles. The molecule has 0 aromatic carbocycles. The van der Waals surface area contributed by atoms with Gasteiger partial charge in [-0.3, -0.25) is 4.98 Å². The van der Waals surface area contributed by atoms with Gasteiger partial charge in [0.2, 0.25) is 0 Å². The van der Waals surface area contributed by atoms with Gasteiger partial charge >= 0.3 is 0 Å². The van der Waals surface area contributed by atoms with Crippen LogP contribution in [0.3, 0.4) is 0 Å². The molecule has 0 atom stereocenters. The van der Waals surface area contributed by atoms with Gasteiger partial charge in [-0.25, -0.2) is 4.39 Å². The van der Waals surface area contributed by atoms with E-state index >= 15 is 0 Å². The van der Waals surface area contributed by atoms with E-state index in [1.54, 1.807) is 6.92 Å². The number of halogens is 1. The van der Waals surface area contributed by atoms with Crippen molar-refractivity contribution >= 4 is 0 Å². The number of nitrogens with zero attached hydrogens (tertiary/aromatic N) is 1. The van der Waals surface area contributed by atoms with Crippen molar-refractivity contribution < 1.29 is 9.50 Å². The lowest BCUT2D eigenvalue weighted by molar-refractivity contribution is 0.460. The molecule has 0 saturated heterocycles. The number of hydrogen-bond acceptors (Lipinski definition) is 2. The Morgan fingerprint density at radius 2 is 2.33 bits per heavy atom. The van der Waals surface area contributed by atoms with E-state index in [0.717, 1.165) is 12.3 Å². The van der Waals surface area contributed by atoms with Crippen molar-refractivity contribution in [2.45, 2.75) is 6.92 Å². The highest BCUT2D eigenvalue weighted by Crippen LogP contribution is 2.12. The molecule has 0 aliphatic carbocycles. The van der Waals surface area contributed by atoms with Gasteiger partial charge in [-0.1, -0.05) is 0 Å². The van der Waals surface area contributed by atoms with E-state index < -0.39 is 5.82 Å². The average molecular weight is 127 g/mol. The minimum Gasteiger partial charge on any atom is -0.506 e. The second-order valence-corrected chi connectivity index (χ2v) is 1.76. The molecule has 1 N–H and O–H groups in total. The number of aryl methyl sites for hydroxylation is 1. The van der Waals surface area contributed by atoms with Crippen LogP contribution in [0.5, 0.6) is 5.75 Å². The summed E-state index contributed by atoms with van der Waals surface area (Å²) >= 11 is 0. The molecule has 2 nitrogen and oxygen atoms in total. The molecule has 0 fully saturated rings. The number of aromatic nitrogens is 1. The fraction of sp³-hybridized carbons (Fsp3) is 0.167. The third kappa shape index (κ3) is 1.16. The molecular weight excluding hydrogens is 121 g/mol. The molecule has 1 heterocycles. The van der Waals surface area contributed by atoms with Crippen molar-refractivity contribution in [3.63, 3.8) is 0 Å². The molecule has 0 radical (unpaired) electrons. The highest BCUT2D eigenvalue weighted by molar-refractivity contribution is 5.23. The molecule has 48 valence electrons. The summed E-state index contributed by atoms with van der Waals surface area (Å²) in [4.78, 5) is 3.55. The Kier molecular flexibility index (Phi) is 1.34. The molecule has 3 heteroatoms. The molecule has 0 aliphatic rings. The quantitative estimate of drug-likeness (QED) is 0.568. The van der Waals surface area contributed by atoms with Crippen LogP contribution in [-0.4, -0.2) is 10.1 Å². The zero-order valence-corrected chi connectivity index (χ0v) is 4.93. The van der Waals surface area contributed by atoms with Gasteiger partial charge in [0.1, 0.15) is 11.6 Å². The van der Waals surface area contributed by atoms with Crippen molar-refractivity contribution in [2.24, 2.45) is 0 Å². The van der Waals surface area contributed by atoms with Crippen LogP contribution in [0.4, 0.5) is 4.39 Å². The summed E-state index contributed by atoms with van der Waals surface area (Å²) in [6.45, 7) is 1.61. The van der Waals surface area contributed by atoms with Crippen LogP contribution >= 0.6 is 0 Å². The predicted octanol–water partition coefficient (Wildman–Crippen LogP) is 1.23. The number of aromatic hydroxyl groups is 1. The highest BCUT2D eigenvalue weighted by atomic mass is 19.1.